The summed E-state index contributed by atoms with van der Waals surface area (Å²) in [5, 5.41) is 0. The van der Waals surface area contributed by atoms with Crippen LogP contribution in [0.15, 0.2) is 24.4 Å². The molecule has 0 saturated carbocycles. The molecule has 5 heteroatoms. The zero-order valence-electron chi connectivity index (χ0n) is 10.6. The molecular formula is C13H17ClN2O2. The van der Waals surface area contributed by atoms with Crippen molar-refractivity contribution < 1.29 is 9.53 Å². The molecule has 1 aromatic rings. The molecule has 1 atom stereocenters. The van der Waals surface area contributed by atoms with Gasteiger partial charge < -0.3 is 9.64 Å². The maximum absolute atomic E-state index is 12.3. The van der Waals surface area contributed by atoms with Crippen LogP contribution in [0.2, 0.25) is 0 Å². The number of nitrogens with zero attached hydrogens (tertiary/aromatic N) is 2. The largest absolute Gasteiger partial charge is 0.367 e. The van der Waals surface area contributed by atoms with Gasteiger partial charge in [-0.15, -0.1) is 11.6 Å². The van der Waals surface area contributed by atoms with Gasteiger partial charge in [0.25, 0.3) is 5.91 Å². The second-order valence-electron chi connectivity index (χ2n) is 5.05. The number of morpholine rings is 1. The number of aromatic nitrogens is 1. The third-order valence-electron chi connectivity index (χ3n) is 2.82. The highest BCUT2D eigenvalue weighted by Gasteiger charge is 2.35. The lowest BCUT2D eigenvalue weighted by Gasteiger charge is -2.42. The van der Waals surface area contributed by atoms with Gasteiger partial charge in [-0.2, -0.15) is 0 Å². The Morgan fingerprint density at radius 3 is 3.00 bits per heavy atom. The second kappa shape index (κ2) is 5.24. The summed E-state index contributed by atoms with van der Waals surface area (Å²) in [6.45, 7) is 4.99. The molecule has 1 aromatic heterocycles. The van der Waals surface area contributed by atoms with Gasteiger partial charge in [0.2, 0.25) is 0 Å². The fraction of sp³-hybridized carbons (Fsp3) is 0.538. The van der Waals surface area contributed by atoms with Crippen molar-refractivity contribution in [1.29, 1.82) is 0 Å². The summed E-state index contributed by atoms with van der Waals surface area (Å²) in [6, 6.07) is 5.33. The third kappa shape index (κ3) is 3.00. The van der Waals surface area contributed by atoms with Crippen molar-refractivity contribution in [2.24, 2.45) is 0 Å². The van der Waals surface area contributed by atoms with Gasteiger partial charge in [-0.3, -0.25) is 9.78 Å². The molecule has 1 saturated heterocycles. The first-order valence-corrected chi connectivity index (χ1v) is 6.49. The van der Waals surface area contributed by atoms with Crippen molar-refractivity contribution in [3.8, 4) is 0 Å². The lowest BCUT2D eigenvalue weighted by molar-refractivity contribution is -0.117. The van der Waals surface area contributed by atoms with Crippen molar-refractivity contribution in [2.75, 3.05) is 19.0 Å². The molecule has 0 aliphatic carbocycles. The van der Waals surface area contributed by atoms with Gasteiger partial charge in [-0.25, -0.2) is 0 Å². The van der Waals surface area contributed by atoms with Gasteiger partial charge in [0, 0.05) is 19.3 Å². The Labute approximate surface area is 112 Å². The van der Waals surface area contributed by atoms with Crippen molar-refractivity contribution in [3.05, 3.63) is 30.1 Å². The van der Waals surface area contributed by atoms with Gasteiger partial charge >= 0.3 is 0 Å². The van der Waals surface area contributed by atoms with Crippen LogP contribution in [0.1, 0.15) is 24.3 Å². The van der Waals surface area contributed by atoms with E-state index in [9.17, 15) is 4.79 Å². The molecule has 0 bridgehead atoms. The van der Waals surface area contributed by atoms with E-state index in [0.29, 0.717) is 24.7 Å². The van der Waals surface area contributed by atoms with Gasteiger partial charge in [0.15, 0.2) is 0 Å². The number of pyridine rings is 1. The van der Waals surface area contributed by atoms with Crippen molar-refractivity contribution >= 4 is 17.5 Å². The standard InChI is InChI=1S/C13H17ClN2O2/c1-13(2)9-16(8-10(7-14)18-13)12(17)11-5-3-4-6-15-11/h3-6,10H,7-9H2,1-2H3. The minimum atomic E-state index is -0.373. The minimum Gasteiger partial charge on any atom is -0.367 e. The van der Waals surface area contributed by atoms with Gasteiger partial charge in [0.1, 0.15) is 5.69 Å². The van der Waals surface area contributed by atoms with E-state index in [4.69, 9.17) is 16.3 Å². The quantitative estimate of drug-likeness (QED) is 0.770. The molecular weight excluding hydrogens is 252 g/mol. The molecule has 1 unspecified atom stereocenters. The van der Waals surface area contributed by atoms with Crippen LogP contribution in [-0.4, -0.2) is 46.5 Å². The molecule has 0 radical (unpaired) electrons. The Balaban J connectivity index is 2.15. The highest BCUT2D eigenvalue weighted by Crippen LogP contribution is 2.22. The third-order valence-corrected chi connectivity index (χ3v) is 3.17. The summed E-state index contributed by atoms with van der Waals surface area (Å²) in [7, 11) is 0. The van der Waals surface area contributed by atoms with E-state index in [1.807, 2.05) is 19.9 Å². The number of alkyl halides is 1. The van der Waals surface area contributed by atoms with Crippen molar-refractivity contribution in [1.82, 2.24) is 9.88 Å². The van der Waals surface area contributed by atoms with E-state index < -0.39 is 0 Å². The first kappa shape index (κ1) is 13.3. The van der Waals surface area contributed by atoms with E-state index in [0.717, 1.165) is 0 Å². The lowest BCUT2D eigenvalue weighted by atomic mass is 10.1. The molecule has 18 heavy (non-hydrogen) atoms. The summed E-state index contributed by atoms with van der Waals surface area (Å²) in [6.07, 6.45) is 1.50. The van der Waals surface area contributed by atoms with E-state index in [2.05, 4.69) is 4.98 Å². The molecule has 0 N–H and O–H groups in total. The summed E-state index contributed by atoms with van der Waals surface area (Å²) in [5.74, 6) is 0.317. The van der Waals surface area contributed by atoms with Crippen LogP contribution < -0.4 is 0 Å². The Bertz CT molecular complexity index is 422. The maximum atomic E-state index is 12.3. The number of ether oxygens (including phenoxy) is 1. The smallest absolute Gasteiger partial charge is 0.272 e. The molecule has 1 aliphatic rings. The molecule has 98 valence electrons. The zero-order chi connectivity index (χ0) is 13.2. The number of hydrogen-bond donors (Lipinski definition) is 0. The van der Waals surface area contributed by atoms with Crippen LogP contribution in [0.5, 0.6) is 0 Å². The summed E-state index contributed by atoms with van der Waals surface area (Å²) in [5.41, 5.74) is 0.0888. The van der Waals surface area contributed by atoms with E-state index in [-0.39, 0.29) is 17.6 Å². The monoisotopic (exact) mass is 268 g/mol. The Morgan fingerprint density at radius 1 is 1.61 bits per heavy atom. The van der Waals surface area contributed by atoms with Gasteiger partial charge in [-0.1, -0.05) is 6.07 Å². The molecule has 1 fully saturated rings. The van der Waals surface area contributed by atoms with E-state index in [1.165, 1.54) is 0 Å². The molecule has 1 amide bonds. The van der Waals surface area contributed by atoms with Crippen LogP contribution in [0.3, 0.4) is 0 Å². The van der Waals surface area contributed by atoms with E-state index >= 15 is 0 Å². The highest BCUT2D eigenvalue weighted by atomic mass is 35.5. The van der Waals surface area contributed by atoms with Gasteiger partial charge in [0.05, 0.1) is 17.6 Å². The molecule has 0 spiro atoms. The zero-order valence-corrected chi connectivity index (χ0v) is 11.4. The predicted octanol–water partition coefficient (Wildman–Crippen LogP) is 1.94. The van der Waals surface area contributed by atoms with Crippen LogP contribution in [0, 0.1) is 0 Å². The summed E-state index contributed by atoms with van der Waals surface area (Å²) < 4.78 is 5.79. The number of hydrogen-bond acceptors (Lipinski definition) is 3. The van der Waals surface area contributed by atoms with Crippen molar-refractivity contribution in [2.45, 2.75) is 25.6 Å². The molecule has 2 rings (SSSR count). The average molecular weight is 269 g/mol. The van der Waals surface area contributed by atoms with Crippen molar-refractivity contribution in [3.63, 3.8) is 0 Å². The topological polar surface area (TPSA) is 42.4 Å². The minimum absolute atomic E-state index is 0.0675. The highest BCUT2D eigenvalue weighted by molar-refractivity contribution is 6.18. The number of carbonyl (C=O) groups excluding carboxylic acids is 1. The Hall–Kier alpha value is -1.13. The molecule has 2 heterocycles. The normalized spacial score (nSPS) is 22.8. The van der Waals surface area contributed by atoms with Crippen LogP contribution in [0.4, 0.5) is 0 Å². The SMILES string of the molecule is CC1(C)CN(C(=O)c2ccccn2)CC(CCl)O1. The maximum Gasteiger partial charge on any atom is 0.272 e. The second-order valence-corrected chi connectivity index (χ2v) is 5.36. The van der Waals surface area contributed by atoms with E-state index in [1.54, 1.807) is 23.2 Å². The molecule has 1 aliphatic heterocycles. The van der Waals surface area contributed by atoms with Crippen LogP contribution in [0.25, 0.3) is 0 Å². The number of carbonyl (C=O) groups is 1. The average Bonchev–Trinajstić information content (AvgIpc) is 2.37. The lowest BCUT2D eigenvalue weighted by Crippen LogP contribution is -2.55. The first-order chi connectivity index (χ1) is 8.52. The fourth-order valence-corrected chi connectivity index (χ4v) is 2.34. The first-order valence-electron chi connectivity index (χ1n) is 5.96. The Kier molecular flexibility index (Phi) is 3.88. The molecule has 4 nitrogen and oxygen atoms in total. The number of amides is 1. The summed E-state index contributed by atoms with van der Waals surface area (Å²) in [4.78, 5) is 18.2. The Morgan fingerprint density at radius 2 is 2.39 bits per heavy atom. The molecule has 0 aromatic carbocycles. The number of rotatable bonds is 2. The van der Waals surface area contributed by atoms with Gasteiger partial charge in [-0.05, 0) is 26.0 Å². The number of halogens is 1. The van der Waals surface area contributed by atoms with Crippen LogP contribution >= 0.6 is 11.6 Å². The summed E-state index contributed by atoms with van der Waals surface area (Å²) >= 11 is 5.85. The van der Waals surface area contributed by atoms with Crippen LogP contribution in [-0.2, 0) is 4.74 Å². The fourth-order valence-electron chi connectivity index (χ4n) is 2.18. The predicted molar refractivity (Wildman–Crippen MR) is 69.8 cm³/mol.